The highest BCUT2D eigenvalue weighted by atomic mass is 16.7. The Morgan fingerprint density at radius 3 is 2.70 bits per heavy atom. The summed E-state index contributed by atoms with van der Waals surface area (Å²) < 4.78 is 16.4. The number of hydrogen-bond donors (Lipinski definition) is 1. The monoisotopic (exact) mass is 405 g/mol. The summed E-state index contributed by atoms with van der Waals surface area (Å²) in [7, 11) is 0. The van der Waals surface area contributed by atoms with Gasteiger partial charge < -0.3 is 19.3 Å². The molecule has 0 saturated heterocycles. The Hall–Kier alpha value is -3.35. The van der Waals surface area contributed by atoms with E-state index < -0.39 is 0 Å². The Bertz CT molecular complexity index is 1030. The lowest BCUT2D eigenvalue weighted by Crippen LogP contribution is -2.34. The minimum absolute atomic E-state index is 0.0660. The highest BCUT2D eigenvalue weighted by Gasteiger charge is 2.28. The minimum Gasteiger partial charge on any atom is -0.454 e. The van der Waals surface area contributed by atoms with Crippen LogP contribution >= 0.6 is 0 Å². The summed E-state index contributed by atoms with van der Waals surface area (Å²) in [4.78, 5) is 17.4. The van der Waals surface area contributed by atoms with Crippen molar-refractivity contribution in [2.45, 2.75) is 38.1 Å². The minimum atomic E-state index is -0.379. The molecule has 2 heterocycles. The Balaban J connectivity index is 1.40. The molecular formula is C23H23N3O4. The summed E-state index contributed by atoms with van der Waals surface area (Å²) in [6, 6.07) is 15.2. The van der Waals surface area contributed by atoms with E-state index in [-0.39, 0.29) is 24.7 Å². The molecule has 1 N–H and O–H groups in total. The molecule has 2 aromatic carbocycles. The molecule has 1 amide bonds. The van der Waals surface area contributed by atoms with Gasteiger partial charge in [-0.3, -0.25) is 4.79 Å². The molecule has 0 radical (unpaired) electrons. The lowest BCUT2D eigenvalue weighted by Gasteiger charge is -2.18. The number of aromatic nitrogens is 2. The second-order valence-corrected chi connectivity index (χ2v) is 7.76. The van der Waals surface area contributed by atoms with Crippen LogP contribution in [0.2, 0.25) is 0 Å². The van der Waals surface area contributed by atoms with Crippen LogP contribution in [-0.2, 0) is 11.2 Å². The molecule has 7 nitrogen and oxygen atoms in total. The van der Waals surface area contributed by atoms with Crippen molar-refractivity contribution in [3.8, 4) is 22.9 Å². The van der Waals surface area contributed by atoms with Gasteiger partial charge >= 0.3 is 0 Å². The van der Waals surface area contributed by atoms with Crippen molar-refractivity contribution >= 4 is 5.91 Å². The maximum Gasteiger partial charge on any atom is 0.249 e. The van der Waals surface area contributed by atoms with Gasteiger partial charge in [-0.1, -0.05) is 48.3 Å². The van der Waals surface area contributed by atoms with Gasteiger partial charge in [0.25, 0.3) is 0 Å². The Labute approximate surface area is 174 Å². The zero-order valence-electron chi connectivity index (χ0n) is 16.5. The molecule has 1 atom stereocenters. The Kier molecular flexibility index (Phi) is 5.09. The van der Waals surface area contributed by atoms with E-state index in [1.165, 1.54) is 0 Å². The van der Waals surface area contributed by atoms with Crippen LogP contribution in [0.15, 0.2) is 53.1 Å². The third kappa shape index (κ3) is 3.87. The fraction of sp³-hybridized carbons (Fsp3) is 0.348. The van der Waals surface area contributed by atoms with Crippen molar-refractivity contribution < 1.29 is 18.8 Å². The number of carbonyl (C=O) groups excluding carboxylic acids is 1. The van der Waals surface area contributed by atoms with E-state index >= 15 is 0 Å². The molecule has 7 heteroatoms. The van der Waals surface area contributed by atoms with Crippen LogP contribution in [0.25, 0.3) is 11.4 Å². The summed E-state index contributed by atoms with van der Waals surface area (Å²) >= 11 is 0. The SMILES string of the molecule is O=C(N[C@@H](Cc1ccccc1)c1nc(-c2ccc3c(c2)OCO3)no1)C1CCCC1. The number of fused-ring (bicyclic) bond motifs is 1. The average Bonchev–Trinajstić information content (AvgIpc) is 3.55. The molecule has 1 aliphatic heterocycles. The van der Waals surface area contributed by atoms with E-state index in [0.717, 1.165) is 36.8 Å². The fourth-order valence-corrected chi connectivity index (χ4v) is 4.06. The third-order valence-corrected chi connectivity index (χ3v) is 5.70. The van der Waals surface area contributed by atoms with Gasteiger partial charge in [-0.2, -0.15) is 4.98 Å². The van der Waals surface area contributed by atoms with Crippen molar-refractivity contribution in [1.29, 1.82) is 0 Å². The van der Waals surface area contributed by atoms with Crippen LogP contribution in [0.1, 0.15) is 43.2 Å². The predicted octanol–water partition coefficient (Wildman–Crippen LogP) is 4.06. The molecule has 1 aliphatic carbocycles. The number of rotatable bonds is 6. The fourth-order valence-electron chi connectivity index (χ4n) is 4.06. The maximum atomic E-state index is 12.8. The molecule has 2 aliphatic rings. The number of hydrogen-bond acceptors (Lipinski definition) is 6. The summed E-state index contributed by atoms with van der Waals surface area (Å²) in [5.41, 5.74) is 1.87. The normalized spacial score (nSPS) is 16.5. The Morgan fingerprint density at radius 1 is 1.07 bits per heavy atom. The number of amides is 1. The summed E-state index contributed by atoms with van der Waals surface area (Å²) in [5.74, 6) is 2.35. The van der Waals surface area contributed by atoms with Gasteiger partial charge in [-0.25, -0.2) is 0 Å². The van der Waals surface area contributed by atoms with Gasteiger partial charge in [0.1, 0.15) is 6.04 Å². The lowest BCUT2D eigenvalue weighted by molar-refractivity contribution is -0.125. The molecule has 0 bridgehead atoms. The van der Waals surface area contributed by atoms with Crippen molar-refractivity contribution in [1.82, 2.24) is 15.5 Å². The number of ether oxygens (including phenoxy) is 2. The van der Waals surface area contributed by atoms with E-state index in [4.69, 9.17) is 14.0 Å². The van der Waals surface area contributed by atoms with Crippen molar-refractivity contribution in [3.63, 3.8) is 0 Å². The smallest absolute Gasteiger partial charge is 0.249 e. The molecular weight excluding hydrogens is 382 g/mol. The molecule has 30 heavy (non-hydrogen) atoms. The number of carbonyl (C=O) groups is 1. The molecule has 0 unspecified atom stereocenters. The zero-order valence-corrected chi connectivity index (χ0v) is 16.5. The molecule has 1 fully saturated rings. The van der Waals surface area contributed by atoms with Gasteiger partial charge in [-0.15, -0.1) is 0 Å². The Morgan fingerprint density at radius 2 is 1.87 bits per heavy atom. The zero-order chi connectivity index (χ0) is 20.3. The van der Waals surface area contributed by atoms with E-state index in [1.807, 2.05) is 48.5 Å². The topological polar surface area (TPSA) is 86.5 Å². The predicted molar refractivity (Wildman–Crippen MR) is 109 cm³/mol. The highest BCUT2D eigenvalue weighted by molar-refractivity contribution is 5.79. The van der Waals surface area contributed by atoms with Crippen LogP contribution in [0.3, 0.4) is 0 Å². The second kappa shape index (κ2) is 8.18. The largest absolute Gasteiger partial charge is 0.454 e. The summed E-state index contributed by atoms with van der Waals surface area (Å²) in [6.45, 7) is 0.211. The second-order valence-electron chi connectivity index (χ2n) is 7.76. The molecule has 1 aromatic heterocycles. The van der Waals surface area contributed by atoms with Gasteiger partial charge in [0.15, 0.2) is 11.5 Å². The lowest BCUT2D eigenvalue weighted by atomic mass is 10.0. The first kappa shape index (κ1) is 18.7. The van der Waals surface area contributed by atoms with Crippen molar-refractivity contribution in [2.75, 3.05) is 6.79 Å². The van der Waals surface area contributed by atoms with E-state index in [0.29, 0.717) is 29.6 Å². The van der Waals surface area contributed by atoms with Gasteiger partial charge in [0.2, 0.25) is 24.4 Å². The highest BCUT2D eigenvalue weighted by Crippen LogP contribution is 2.35. The first-order valence-electron chi connectivity index (χ1n) is 10.3. The maximum absolute atomic E-state index is 12.8. The first-order valence-corrected chi connectivity index (χ1v) is 10.3. The third-order valence-electron chi connectivity index (χ3n) is 5.70. The van der Waals surface area contributed by atoms with Crippen molar-refractivity contribution in [3.05, 3.63) is 60.0 Å². The van der Waals surface area contributed by atoms with Crippen molar-refractivity contribution in [2.24, 2.45) is 5.92 Å². The molecule has 5 rings (SSSR count). The van der Waals surface area contributed by atoms with Crippen LogP contribution in [-0.4, -0.2) is 22.8 Å². The van der Waals surface area contributed by atoms with Crippen LogP contribution < -0.4 is 14.8 Å². The van der Waals surface area contributed by atoms with Crippen LogP contribution in [0, 0.1) is 5.92 Å². The molecule has 154 valence electrons. The average molecular weight is 405 g/mol. The molecule has 1 saturated carbocycles. The van der Waals surface area contributed by atoms with E-state index in [9.17, 15) is 4.79 Å². The summed E-state index contributed by atoms with van der Waals surface area (Å²) in [5, 5.41) is 7.30. The standard InChI is InChI=1S/C23H23N3O4/c27-22(16-8-4-5-9-16)24-18(12-15-6-2-1-3-7-15)23-25-21(26-30-23)17-10-11-19-20(13-17)29-14-28-19/h1-3,6-7,10-11,13,16,18H,4-5,8-9,12,14H2,(H,24,27)/t18-/m0/s1. The van der Waals surface area contributed by atoms with Crippen LogP contribution in [0.4, 0.5) is 0 Å². The van der Waals surface area contributed by atoms with Gasteiger partial charge in [0.05, 0.1) is 0 Å². The summed E-state index contributed by atoms with van der Waals surface area (Å²) in [6.07, 6.45) is 4.68. The quantitative estimate of drug-likeness (QED) is 0.666. The van der Waals surface area contributed by atoms with E-state index in [1.54, 1.807) is 0 Å². The number of nitrogens with one attached hydrogen (secondary N) is 1. The number of benzene rings is 2. The molecule has 0 spiro atoms. The van der Waals surface area contributed by atoms with Gasteiger partial charge in [-0.05, 0) is 36.6 Å². The van der Waals surface area contributed by atoms with Gasteiger partial charge in [0, 0.05) is 17.9 Å². The number of nitrogens with zero attached hydrogens (tertiary/aromatic N) is 2. The first-order chi connectivity index (χ1) is 14.8. The van der Waals surface area contributed by atoms with E-state index in [2.05, 4.69) is 15.5 Å². The van der Waals surface area contributed by atoms with Crippen LogP contribution in [0.5, 0.6) is 11.5 Å². The molecule has 3 aromatic rings.